The summed E-state index contributed by atoms with van der Waals surface area (Å²) in [4.78, 5) is 16.4. The van der Waals surface area contributed by atoms with E-state index >= 15 is 0 Å². The molecule has 0 aliphatic heterocycles. The molecule has 140 valence electrons. The average molecular weight is 377 g/mol. The van der Waals surface area contributed by atoms with Gasteiger partial charge in [0.2, 0.25) is 0 Å². The van der Waals surface area contributed by atoms with Crippen molar-refractivity contribution in [3.63, 3.8) is 0 Å². The molecule has 4 rings (SSSR count). The first-order chi connectivity index (χ1) is 13.5. The number of carbonyl (C=O) groups excluding carboxylic acids is 1. The lowest BCUT2D eigenvalue weighted by Crippen LogP contribution is -2.13. The molecule has 0 fully saturated rings. The molecule has 3 heterocycles. The fraction of sp³-hybridized carbons (Fsp3) is 0.100. The minimum absolute atomic E-state index is 0.0851. The smallest absolute Gasteiger partial charge is 0.277 e. The van der Waals surface area contributed by atoms with Gasteiger partial charge in [-0.15, -0.1) is 0 Å². The molecule has 0 radical (unpaired) electrons. The molecule has 0 aliphatic rings. The standard InChI is InChI=1S/C20H16FN5O2/c1-12-8-13(2)26(24-12)18-6-5-15(9-16(18)21)23-20(27)17-10-19(28-25-17)14-4-3-7-22-11-14/h3-11H,1-2H3,(H,23,27). The molecular formula is C20H16FN5O2. The van der Waals surface area contributed by atoms with Crippen LogP contribution in [0.2, 0.25) is 0 Å². The third-order valence-corrected chi connectivity index (χ3v) is 4.13. The molecule has 0 unspecified atom stereocenters. The molecule has 8 heteroatoms. The van der Waals surface area contributed by atoms with E-state index in [-0.39, 0.29) is 5.69 Å². The Hall–Kier alpha value is -3.81. The summed E-state index contributed by atoms with van der Waals surface area (Å²) in [6.07, 6.45) is 3.24. The number of carbonyl (C=O) groups is 1. The summed E-state index contributed by atoms with van der Waals surface area (Å²) in [5, 5.41) is 10.7. The maximum Gasteiger partial charge on any atom is 0.277 e. The molecule has 0 atom stereocenters. The zero-order valence-electron chi connectivity index (χ0n) is 15.2. The predicted octanol–water partition coefficient (Wildman–Crippen LogP) is 3.93. The topological polar surface area (TPSA) is 85.8 Å². The van der Waals surface area contributed by atoms with Crippen LogP contribution in [0.1, 0.15) is 21.9 Å². The van der Waals surface area contributed by atoms with Gasteiger partial charge in [0.1, 0.15) is 5.69 Å². The molecule has 7 nitrogen and oxygen atoms in total. The van der Waals surface area contributed by atoms with Crippen molar-refractivity contribution < 1.29 is 13.7 Å². The van der Waals surface area contributed by atoms with Crippen LogP contribution in [0.15, 0.2) is 59.4 Å². The van der Waals surface area contributed by atoms with E-state index in [1.165, 1.54) is 16.8 Å². The van der Waals surface area contributed by atoms with Crippen molar-refractivity contribution in [3.05, 3.63) is 77.8 Å². The highest BCUT2D eigenvalue weighted by Gasteiger charge is 2.16. The van der Waals surface area contributed by atoms with Crippen LogP contribution in [0.5, 0.6) is 0 Å². The summed E-state index contributed by atoms with van der Waals surface area (Å²) in [6.45, 7) is 3.69. The number of amides is 1. The second-order valence-corrected chi connectivity index (χ2v) is 6.28. The molecule has 1 amide bonds. The number of hydrogen-bond acceptors (Lipinski definition) is 5. The minimum atomic E-state index is -0.503. The lowest BCUT2D eigenvalue weighted by atomic mass is 10.2. The van der Waals surface area contributed by atoms with Crippen LogP contribution in [0.3, 0.4) is 0 Å². The van der Waals surface area contributed by atoms with E-state index in [0.29, 0.717) is 22.7 Å². The monoisotopic (exact) mass is 377 g/mol. The number of hydrogen-bond donors (Lipinski definition) is 1. The Morgan fingerprint density at radius 2 is 2.04 bits per heavy atom. The Kier molecular flexibility index (Phi) is 4.44. The fourth-order valence-corrected chi connectivity index (χ4v) is 2.85. The SMILES string of the molecule is Cc1cc(C)n(-c2ccc(NC(=O)c3cc(-c4cccnc4)on3)cc2F)n1. The van der Waals surface area contributed by atoms with Crippen LogP contribution in [-0.2, 0) is 0 Å². The Labute approximate surface area is 159 Å². The van der Waals surface area contributed by atoms with E-state index in [1.54, 1.807) is 36.7 Å². The van der Waals surface area contributed by atoms with E-state index in [2.05, 4.69) is 20.6 Å². The predicted molar refractivity (Wildman–Crippen MR) is 101 cm³/mol. The largest absolute Gasteiger partial charge is 0.355 e. The molecule has 0 aliphatic carbocycles. The molecule has 0 saturated heterocycles. The van der Waals surface area contributed by atoms with Crippen molar-refractivity contribution in [3.8, 4) is 17.0 Å². The van der Waals surface area contributed by atoms with E-state index < -0.39 is 11.7 Å². The van der Waals surface area contributed by atoms with E-state index in [1.807, 2.05) is 19.9 Å². The molecule has 4 aromatic rings. The summed E-state index contributed by atoms with van der Waals surface area (Å²) in [5.74, 6) is -0.582. The Balaban J connectivity index is 1.53. The quantitative estimate of drug-likeness (QED) is 0.582. The number of pyridine rings is 1. The van der Waals surface area contributed by atoms with Crippen LogP contribution < -0.4 is 5.32 Å². The number of aromatic nitrogens is 4. The normalized spacial score (nSPS) is 10.8. The van der Waals surface area contributed by atoms with Crippen molar-refractivity contribution in [1.82, 2.24) is 19.9 Å². The molecule has 0 bridgehead atoms. The van der Waals surface area contributed by atoms with Gasteiger partial charge in [-0.05, 0) is 50.2 Å². The van der Waals surface area contributed by atoms with E-state index in [9.17, 15) is 9.18 Å². The summed E-state index contributed by atoms with van der Waals surface area (Å²) >= 11 is 0. The number of rotatable bonds is 4. The van der Waals surface area contributed by atoms with Gasteiger partial charge in [0, 0.05) is 35.4 Å². The first-order valence-corrected chi connectivity index (χ1v) is 8.53. The highest BCUT2D eigenvalue weighted by Crippen LogP contribution is 2.22. The van der Waals surface area contributed by atoms with Gasteiger partial charge in [0.25, 0.3) is 5.91 Å². The fourth-order valence-electron chi connectivity index (χ4n) is 2.85. The number of halogens is 1. The lowest BCUT2D eigenvalue weighted by molar-refractivity contribution is 0.101. The number of nitrogens with zero attached hydrogens (tertiary/aromatic N) is 4. The van der Waals surface area contributed by atoms with E-state index in [4.69, 9.17) is 4.52 Å². The van der Waals surface area contributed by atoms with Crippen molar-refractivity contribution in [2.75, 3.05) is 5.32 Å². The van der Waals surface area contributed by atoms with Crippen molar-refractivity contribution in [1.29, 1.82) is 0 Å². The van der Waals surface area contributed by atoms with Gasteiger partial charge in [-0.1, -0.05) is 5.16 Å². The molecule has 1 N–H and O–H groups in total. The molecule has 28 heavy (non-hydrogen) atoms. The highest BCUT2D eigenvalue weighted by molar-refractivity contribution is 6.03. The van der Waals surface area contributed by atoms with Gasteiger partial charge in [-0.2, -0.15) is 5.10 Å². The van der Waals surface area contributed by atoms with E-state index in [0.717, 1.165) is 11.4 Å². The van der Waals surface area contributed by atoms with Gasteiger partial charge in [-0.25, -0.2) is 9.07 Å². The first-order valence-electron chi connectivity index (χ1n) is 8.53. The summed E-state index contributed by atoms with van der Waals surface area (Å²) < 4.78 is 21.3. The maximum atomic E-state index is 14.6. The van der Waals surface area contributed by atoms with Gasteiger partial charge < -0.3 is 9.84 Å². The lowest BCUT2D eigenvalue weighted by Gasteiger charge is -2.08. The third kappa shape index (κ3) is 3.39. The van der Waals surface area contributed by atoms with Crippen LogP contribution in [-0.4, -0.2) is 25.8 Å². The van der Waals surface area contributed by atoms with Crippen molar-refractivity contribution >= 4 is 11.6 Å². The zero-order chi connectivity index (χ0) is 19.7. The van der Waals surface area contributed by atoms with Gasteiger partial charge >= 0.3 is 0 Å². The Morgan fingerprint density at radius 1 is 1.18 bits per heavy atom. The van der Waals surface area contributed by atoms with Gasteiger partial charge in [-0.3, -0.25) is 9.78 Å². The van der Waals surface area contributed by atoms with Crippen LogP contribution in [0, 0.1) is 19.7 Å². The zero-order valence-corrected chi connectivity index (χ0v) is 15.2. The summed E-state index contributed by atoms with van der Waals surface area (Å²) in [5.41, 5.74) is 3.02. The van der Waals surface area contributed by atoms with Crippen molar-refractivity contribution in [2.24, 2.45) is 0 Å². The van der Waals surface area contributed by atoms with Crippen LogP contribution in [0.4, 0.5) is 10.1 Å². The van der Waals surface area contributed by atoms with Crippen LogP contribution >= 0.6 is 0 Å². The summed E-state index contributed by atoms with van der Waals surface area (Å²) in [6, 6.07) is 11.3. The third-order valence-electron chi connectivity index (χ3n) is 4.13. The highest BCUT2D eigenvalue weighted by atomic mass is 19.1. The van der Waals surface area contributed by atoms with Gasteiger partial charge in [0.15, 0.2) is 17.3 Å². The summed E-state index contributed by atoms with van der Waals surface area (Å²) in [7, 11) is 0. The number of aryl methyl sites for hydroxylation is 2. The average Bonchev–Trinajstić information content (AvgIpc) is 3.29. The second-order valence-electron chi connectivity index (χ2n) is 6.28. The number of anilines is 1. The molecule has 3 aromatic heterocycles. The molecule has 1 aromatic carbocycles. The van der Waals surface area contributed by atoms with Crippen LogP contribution in [0.25, 0.3) is 17.0 Å². The Morgan fingerprint density at radius 3 is 2.71 bits per heavy atom. The molecule has 0 saturated carbocycles. The maximum absolute atomic E-state index is 14.6. The second kappa shape index (κ2) is 7.07. The van der Waals surface area contributed by atoms with Gasteiger partial charge in [0.05, 0.1) is 5.69 Å². The minimum Gasteiger partial charge on any atom is -0.355 e. The molecule has 0 spiro atoms. The number of nitrogens with one attached hydrogen (secondary N) is 1. The first kappa shape index (κ1) is 17.6. The number of benzene rings is 1. The Bertz CT molecular complexity index is 1150. The van der Waals surface area contributed by atoms with Crippen molar-refractivity contribution in [2.45, 2.75) is 13.8 Å². The molecular weight excluding hydrogens is 361 g/mol.